The number of carbonyl (C=O) groups is 1. The molecule has 0 radical (unpaired) electrons. The molecule has 5 nitrogen and oxygen atoms in total. The van der Waals surface area contributed by atoms with Gasteiger partial charge in [-0.25, -0.2) is 0 Å². The van der Waals surface area contributed by atoms with Crippen molar-refractivity contribution >= 4 is 17.4 Å². The Balaban J connectivity index is 1.33. The van der Waals surface area contributed by atoms with E-state index in [1.807, 2.05) is 32.0 Å². The van der Waals surface area contributed by atoms with Gasteiger partial charge in [-0.3, -0.25) is 4.79 Å². The van der Waals surface area contributed by atoms with Crippen LogP contribution in [0.5, 0.6) is 0 Å². The molecule has 1 saturated heterocycles. The van der Waals surface area contributed by atoms with Crippen LogP contribution in [-0.4, -0.2) is 29.2 Å². The molecule has 1 aliphatic heterocycles. The summed E-state index contributed by atoms with van der Waals surface area (Å²) < 4.78 is 0. The summed E-state index contributed by atoms with van der Waals surface area (Å²) in [5.41, 5.74) is 4.75. The Morgan fingerprint density at radius 3 is 2.30 bits per heavy atom. The number of anilines is 2. The van der Waals surface area contributed by atoms with E-state index >= 15 is 0 Å². The zero-order valence-corrected chi connectivity index (χ0v) is 17.6. The number of carbonyl (C=O) groups excluding carboxylic acids is 1. The van der Waals surface area contributed by atoms with Gasteiger partial charge in [0.25, 0.3) is 5.91 Å². The van der Waals surface area contributed by atoms with E-state index in [1.165, 1.54) is 5.56 Å². The van der Waals surface area contributed by atoms with Crippen molar-refractivity contribution < 1.29 is 4.79 Å². The molecule has 0 atom stereocenters. The molecule has 2 aromatic carbocycles. The van der Waals surface area contributed by atoms with Crippen LogP contribution in [0.1, 0.15) is 40.0 Å². The van der Waals surface area contributed by atoms with E-state index in [4.69, 9.17) is 0 Å². The Bertz CT molecular complexity index is 973. The fourth-order valence-electron chi connectivity index (χ4n) is 4.17. The number of nitrogens with zero attached hydrogens (tertiary/aromatic N) is 3. The van der Waals surface area contributed by atoms with E-state index in [2.05, 4.69) is 56.8 Å². The highest BCUT2D eigenvalue weighted by atomic mass is 16.1. The first-order chi connectivity index (χ1) is 14.6. The third kappa shape index (κ3) is 5.03. The first kappa shape index (κ1) is 20.1. The van der Waals surface area contributed by atoms with Crippen LogP contribution in [0.15, 0.2) is 60.7 Å². The lowest BCUT2D eigenvalue weighted by Crippen LogP contribution is -2.35. The minimum absolute atomic E-state index is 0.236. The van der Waals surface area contributed by atoms with Crippen LogP contribution in [0.3, 0.4) is 0 Å². The molecular formula is C25H28N4O. The maximum atomic E-state index is 12.5. The Kier molecular flexibility index (Phi) is 6.07. The molecule has 3 aromatic rings. The fraction of sp³-hybridized carbons (Fsp3) is 0.320. The van der Waals surface area contributed by atoms with Crippen LogP contribution in [-0.2, 0) is 6.42 Å². The summed E-state index contributed by atoms with van der Waals surface area (Å²) in [7, 11) is 0. The van der Waals surface area contributed by atoms with Crippen molar-refractivity contribution in [1.82, 2.24) is 10.2 Å². The number of benzene rings is 2. The average Bonchev–Trinajstić information content (AvgIpc) is 2.74. The number of aryl methyl sites for hydroxylation is 2. The van der Waals surface area contributed by atoms with Crippen molar-refractivity contribution in [2.45, 2.75) is 33.1 Å². The highest BCUT2D eigenvalue weighted by molar-refractivity contribution is 6.02. The quantitative estimate of drug-likeness (QED) is 0.668. The maximum absolute atomic E-state index is 12.5. The number of hydrogen-bond acceptors (Lipinski definition) is 4. The van der Waals surface area contributed by atoms with E-state index < -0.39 is 0 Å². The third-order valence-electron chi connectivity index (χ3n) is 5.67. The van der Waals surface area contributed by atoms with Crippen molar-refractivity contribution in [1.29, 1.82) is 0 Å². The average molecular weight is 401 g/mol. The predicted molar refractivity (Wildman–Crippen MR) is 121 cm³/mol. The number of amides is 1. The van der Waals surface area contributed by atoms with Crippen LogP contribution < -0.4 is 10.2 Å². The number of nitrogens with one attached hydrogen (secondary N) is 1. The molecule has 1 amide bonds. The Hall–Kier alpha value is -3.21. The molecule has 30 heavy (non-hydrogen) atoms. The lowest BCUT2D eigenvalue weighted by Gasteiger charge is -2.32. The summed E-state index contributed by atoms with van der Waals surface area (Å²) in [6, 6.07) is 20.3. The van der Waals surface area contributed by atoms with Gasteiger partial charge < -0.3 is 10.2 Å². The predicted octanol–water partition coefficient (Wildman–Crippen LogP) is 4.80. The van der Waals surface area contributed by atoms with Gasteiger partial charge in [-0.1, -0.05) is 36.4 Å². The van der Waals surface area contributed by atoms with Crippen LogP contribution in [0.25, 0.3) is 0 Å². The molecule has 0 saturated carbocycles. The van der Waals surface area contributed by atoms with Crippen molar-refractivity contribution in [2.24, 2.45) is 5.92 Å². The molecule has 1 N–H and O–H groups in total. The first-order valence-corrected chi connectivity index (χ1v) is 10.6. The number of rotatable bonds is 5. The van der Waals surface area contributed by atoms with Crippen LogP contribution in [0, 0.1) is 19.8 Å². The zero-order valence-electron chi connectivity index (χ0n) is 17.6. The second-order valence-corrected chi connectivity index (χ2v) is 8.23. The second kappa shape index (κ2) is 9.08. The SMILES string of the molecule is Cc1cc(C)cc(NC(=O)c2ccc(N3CCC(Cc4ccccc4)CC3)nn2)c1. The van der Waals surface area contributed by atoms with Gasteiger partial charge in [-0.2, -0.15) is 0 Å². The first-order valence-electron chi connectivity index (χ1n) is 10.6. The molecule has 154 valence electrons. The monoisotopic (exact) mass is 400 g/mol. The molecule has 0 spiro atoms. The topological polar surface area (TPSA) is 58.1 Å². The van der Waals surface area contributed by atoms with Gasteiger partial charge >= 0.3 is 0 Å². The van der Waals surface area contributed by atoms with Gasteiger partial charge in [-0.15, -0.1) is 10.2 Å². The molecular weight excluding hydrogens is 372 g/mol. The lowest BCUT2D eigenvalue weighted by atomic mass is 9.90. The molecule has 0 unspecified atom stereocenters. The summed E-state index contributed by atoms with van der Waals surface area (Å²) in [5, 5.41) is 11.4. The smallest absolute Gasteiger partial charge is 0.276 e. The standard InChI is InChI=1S/C25H28N4O/c1-18-14-19(2)16-22(15-18)26-25(30)23-8-9-24(28-27-23)29-12-10-21(11-13-29)17-20-6-4-3-5-7-20/h3-9,14-16,21H,10-13,17H2,1-2H3,(H,26,30). The molecule has 1 aromatic heterocycles. The van der Waals surface area contributed by atoms with E-state index in [9.17, 15) is 4.79 Å². The van der Waals surface area contributed by atoms with E-state index in [1.54, 1.807) is 6.07 Å². The van der Waals surface area contributed by atoms with Gasteiger partial charge in [0.2, 0.25) is 0 Å². The molecule has 0 bridgehead atoms. The van der Waals surface area contributed by atoms with Crippen molar-refractivity contribution in [3.63, 3.8) is 0 Å². The highest BCUT2D eigenvalue weighted by Gasteiger charge is 2.21. The Morgan fingerprint density at radius 1 is 0.967 bits per heavy atom. The number of piperidine rings is 1. The minimum atomic E-state index is -0.236. The van der Waals surface area contributed by atoms with Crippen molar-refractivity contribution in [2.75, 3.05) is 23.3 Å². The highest BCUT2D eigenvalue weighted by Crippen LogP contribution is 2.24. The number of hydrogen-bond donors (Lipinski definition) is 1. The molecule has 5 heteroatoms. The largest absolute Gasteiger partial charge is 0.355 e. The molecule has 4 rings (SSSR count). The van der Waals surface area contributed by atoms with Gasteiger partial charge in [0, 0.05) is 18.8 Å². The van der Waals surface area contributed by atoms with Crippen molar-refractivity contribution in [3.8, 4) is 0 Å². The fourth-order valence-corrected chi connectivity index (χ4v) is 4.17. The van der Waals surface area contributed by atoms with Gasteiger partial charge in [0.05, 0.1) is 0 Å². The Morgan fingerprint density at radius 2 is 1.67 bits per heavy atom. The maximum Gasteiger partial charge on any atom is 0.276 e. The van der Waals surface area contributed by atoms with Crippen molar-refractivity contribution in [3.05, 3.63) is 83.0 Å². The van der Waals surface area contributed by atoms with Crippen LogP contribution >= 0.6 is 0 Å². The minimum Gasteiger partial charge on any atom is -0.355 e. The molecule has 0 aliphatic carbocycles. The van der Waals surface area contributed by atoms with Gasteiger partial charge in [0.15, 0.2) is 11.5 Å². The molecule has 1 aliphatic rings. The summed E-state index contributed by atoms with van der Waals surface area (Å²) >= 11 is 0. The summed E-state index contributed by atoms with van der Waals surface area (Å²) in [4.78, 5) is 14.8. The normalized spacial score (nSPS) is 14.5. The lowest BCUT2D eigenvalue weighted by molar-refractivity contribution is 0.102. The molecule has 1 fully saturated rings. The Labute approximate surface area is 178 Å². The second-order valence-electron chi connectivity index (χ2n) is 8.23. The summed E-state index contributed by atoms with van der Waals surface area (Å²) in [6.07, 6.45) is 3.43. The van der Waals surface area contributed by atoms with Crippen LogP contribution in [0.4, 0.5) is 11.5 Å². The molecule has 2 heterocycles. The third-order valence-corrected chi connectivity index (χ3v) is 5.67. The van der Waals surface area contributed by atoms with E-state index in [-0.39, 0.29) is 5.91 Å². The summed E-state index contributed by atoms with van der Waals surface area (Å²) in [5.74, 6) is 1.32. The zero-order chi connectivity index (χ0) is 20.9. The van der Waals surface area contributed by atoms with Gasteiger partial charge in [0.1, 0.15) is 0 Å². The van der Waals surface area contributed by atoms with Crippen LogP contribution in [0.2, 0.25) is 0 Å². The number of aromatic nitrogens is 2. The van der Waals surface area contributed by atoms with E-state index in [0.717, 1.165) is 55.0 Å². The van der Waals surface area contributed by atoms with Gasteiger partial charge in [-0.05, 0) is 80.0 Å². The summed E-state index contributed by atoms with van der Waals surface area (Å²) in [6.45, 7) is 5.97. The van der Waals surface area contributed by atoms with E-state index in [0.29, 0.717) is 11.6 Å².